The molecule has 0 aromatic carbocycles. The average Bonchev–Trinajstić information content (AvgIpc) is 2.78. The fourth-order valence-electron chi connectivity index (χ4n) is 1.27. The lowest BCUT2D eigenvalue weighted by molar-refractivity contribution is 0.646. The van der Waals surface area contributed by atoms with Gasteiger partial charge in [0.05, 0.1) is 15.8 Å². The molecule has 0 amide bonds. The molecule has 3 nitrogen and oxygen atoms in total. The van der Waals surface area contributed by atoms with Crippen molar-refractivity contribution in [1.82, 2.24) is 9.97 Å². The first-order valence-corrected chi connectivity index (χ1v) is 6.72. The molecule has 2 heterocycles. The summed E-state index contributed by atoms with van der Waals surface area (Å²) in [4.78, 5) is 8.41. The van der Waals surface area contributed by atoms with Crippen molar-refractivity contribution < 1.29 is 0 Å². The van der Waals surface area contributed by atoms with Crippen molar-refractivity contribution in [3.05, 3.63) is 17.8 Å². The maximum Gasteiger partial charge on any atom is 0.147 e. The van der Waals surface area contributed by atoms with E-state index in [1.807, 2.05) is 18.4 Å². The molecule has 0 spiro atoms. The first-order valence-electron chi connectivity index (χ1n) is 4.77. The Hall–Kier alpha value is -0.580. The van der Waals surface area contributed by atoms with E-state index in [1.54, 1.807) is 17.7 Å². The Bertz CT molecular complexity index is 482. The van der Waals surface area contributed by atoms with E-state index in [-0.39, 0.29) is 5.54 Å². The second-order valence-electron chi connectivity index (χ2n) is 3.81. The molecule has 86 valence electrons. The van der Waals surface area contributed by atoms with Gasteiger partial charge in [-0.1, -0.05) is 0 Å². The predicted octanol–water partition coefficient (Wildman–Crippen LogP) is 3.34. The van der Waals surface area contributed by atoms with Gasteiger partial charge in [-0.25, -0.2) is 9.97 Å². The van der Waals surface area contributed by atoms with Crippen LogP contribution in [0.25, 0.3) is 10.2 Å². The Morgan fingerprint density at radius 2 is 2.12 bits per heavy atom. The molecule has 16 heavy (non-hydrogen) atoms. The molecule has 0 aliphatic carbocycles. The molecular weight excluding hydrogens is 265 g/mol. The number of halogens is 2. The molecule has 2 aromatic rings. The van der Waals surface area contributed by atoms with Gasteiger partial charge in [-0.2, -0.15) is 0 Å². The van der Waals surface area contributed by atoms with Gasteiger partial charge in [-0.05, 0) is 18.4 Å². The zero-order valence-corrected chi connectivity index (χ0v) is 11.0. The van der Waals surface area contributed by atoms with E-state index >= 15 is 0 Å². The number of hydrogen-bond donors (Lipinski definition) is 1. The summed E-state index contributed by atoms with van der Waals surface area (Å²) in [5.41, 5.74) is 0.586. The van der Waals surface area contributed by atoms with Gasteiger partial charge in [0.1, 0.15) is 12.1 Å². The fraction of sp³-hybridized carbons (Fsp3) is 0.400. The van der Waals surface area contributed by atoms with E-state index in [0.29, 0.717) is 11.8 Å². The number of rotatable bonds is 4. The average molecular weight is 276 g/mol. The standard InChI is InChI=1S/C10H11Cl2N3S/c1-10(4-11,5-12)15-9-8-7(2-3-16-8)13-6-14-9/h2-3,6H,4-5H2,1H3,(H,13,14,15). The monoisotopic (exact) mass is 275 g/mol. The molecule has 1 N–H and O–H groups in total. The van der Waals surface area contributed by atoms with Crippen LogP contribution in [0.5, 0.6) is 0 Å². The van der Waals surface area contributed by atoms with Crippen molar-refractivity contribution >= 4 is 50.6 Å². The van der Waals surface area contributed by atoms with Crippen LogP contribution in [0.4, 0.5) is 5.82 Å². The zero-order valence-electron chi connectivity index (χ0n) is 8.70. The van der Waals surface area contributed by atoms with Crippen LogP contribution in [-0.4, -0.2) is 27.3 Å². The first kappa shape index (κ1) is 11.9. The van der Waals surface area contributed by atoms with Crippen LogP contribution in [0.1, 0.15) is 6.92 Å². The number of nitrogens with zero attached hydrogens (tertiary/aromatic N) is 2. The van der Waals surface area contributed by atoms with Gasteiger partial charge < -0.3 is 5.32 Å². The van der Waals surface area contributed by atoms with E-state index in [4.69, 9.17) is 23.2 Å². The third-order valence-electron chi connectivity index (χ3n) is 2.25. The van der Waals surface area contributed by atoms with Crippen LogP contribution < -0.4 is 5.32 Å². The van der Waals surface area contributed by atoms with Crippen LogP contribution >= 0.6 is 34.5 Å². The van der Waals surface area contributed by atoms with E-state index in [0.717, 1.165) is 16.0 Å². The third kappa shape index (κ3) is 2.24. The summed E-state index contributed by atoms with van der Waals surface area (Å²) in [6, 6.07) is 1.96. The SMILES string of the molecule is CC(CCl)(CCl)Nc1ncnc2ccsc12. The molecule has 0 saturated heterocycles. The lowest BCUT2D eigenvalue weighted by Gasteiger charge is -2.26. The van der Waals surface area contributed by atoms with Crippen molar-refractivity contribution in [2.75, 3.05) is 17.1 Å². The van der Waals surface area contributed by atoms with Crippen molar-refractivity contribution in [2.24, 2.45) is 0 Å². The number of alkyl halides is 2. The molecule has 2 rings (SSSR count). The second kappa shape index (κ2) is 4.73. The van der Waals surface area contributed by atoms with E-state index in [9.17, 15) is 0 Å². The summed E-state index contributed by atoms with van der Waals surface area (Å²) >= 11 is 13.4. The predicted molar refractivity (Wildman–Crippen MR) is 70.9 cm³/mol. The molecule has 2 aromatic heterocycles. The van der Waals surface area contributed by atoms with Crippen LogP contribution in [0, 0.1) is 0 Å². The van der Waals surface area contributed by atoms with Crippen LogP contribution in [0.15, 0.2) is 17.8 Å². The van der Waals surface area contributed by atoms with Gasteiger partial charge in [0.2, 0.25) is 0 Å². The number of fused-ring (bicyclic) bond motifs is 1. The molecule has 0 saturated carbocycles. The molecular formula is C10H11Cl2N3S. The number of hydrogen-bond acceptors (Lipinski definition) is 4. The lowest BCUT2D eigenvalue weighted by Crippen LogP contribution is -2.39. The minimum absolute atomic E-state index is 0.353. The van der Waals surface area contributed by atoms with Gasteiger partial charge in [-0.3, -0.25) is 0 Å². The molecule has 0 unspecified atom stereocenters. The quantitative estimate of drug-likeness (QED) is 0.870. The summed E-state index contributed by atoms with van der Waals surface area (Å²) in [6.45, 7) is 1.97. The van der Waals surface area contributed by atoms with Gasteiger partial charge in [0.25, 0.3) is 0 Å². The van der Waals surface area contributed by atoms with Gasteiger partial charge in [0.15, 0.2) is 0 Å². The van der Waals surface area contributed by atoms with Gasteiger partial charge >= 0.3 is 0 Å². The third-order valence-corrected chi connectivity index (χ3v) is 4.34. The largest absolute Gasteiger partial charge is 0.361 e. The van der Waals surface area contributed by atoms with Crippen LogP contribution in [0.2, 0.25) is 0 Å². The number of thiophene rings is 1. The molecule has 0 fully saturated rings. The molecule has 0 bridgehead atoms. The molecule has 0 radical (unpaired) electrons. The minimum Gasteiger partial charge on any atom is -0.361 e. The summed E-state index contributed by atoms with van der Waals surface area (Å²) in [5.74, 6) is 1.64. The lowest BCUT2D eigenvalue weighted by atomic mass is 10.1. The first-order chi connectivity index (χ1) is 7.68. The summed E-state index contributed by atoms with van der Waals surface area (Å²) in [7, 11) is 0. The maximum atomic E-state index is 5.90. The Morgan fingerprint density at radius 1 is 1.38 bits per heavy atom. The summed E-state index contributed by atoms with van der Waals surface area (Å²) in [5, 5.41) is 5.27. The highest BCUT2D eigenvalue weighted by Gasteiger charge is 2.23. The maximum absolute atomic E-state index is 5.90. The van der Waals surface area contributed by atoms with Crippen molar-refractivity contribution in [3.63, 3.8) is 0 Å². The minimum atomic E-state index is -0.353. The highest BCUT2D eigenvalue weighted by molar-refractivity contribution is 7.17. The van der Waals surface area contributed by atoms with Crippen LogP contribution in [0.3, 0.4) is 0 Å². The highest BCUT2D eigenvalue weighted by Crippen LogP contribution is 2.27. The fourth-order valence-corrected chi connectivity index (χ4v) is 2.48. The van der Waals surface area contributed by atoms with E-state index < -0.39 is 0 Å². The second-order valence-corrected chi connectivity index (χ2v) is 5.26. The van der Waals surface area contributed by atoms with Gasteiger partial charge in [0, 0.05) is 11.8 Å². The Balaban J connectivity index is 2.37. The normalized spacial score (nSPS) is 11.9. The van der Waals surface area contributed by atoms with Crippen molar-refractivity contribution in [1.29, 1.82) is 0 Å². The van der Waals surface area contributed by atoms with Crippen molar-refractivity contribution in [3.8, 4) is 0 Å². The molecule has 0 aliphatic heterocycles. The smallest absolute Gasteiger partial charge is 0.147 e. The summed E-state index contributed by atoms with van der Waals surface area (Å²) < 4.78 is 1.03. The zero-order chi connectivity index (χ0) is 11.6. The molecule has 0 aliphatic rings. The molecule has 0 atom stereocenters. The number of aromatic nitrogens is 2. The van der Waals surface area contributed by atoms with Gasteiger partial charge in [-0.15, -0.1) is 34.5 Å². The Kier molecular flexibility index (Phi) is 3.52. The van der Waals surface area contributed by atoms with Crippen molar-refractivity contribution in [2.45, 2.75) is 12.5 Å². The Morgan fingerprint density at radius 3 is 2.81 bits per heavy atom. The number of nitrogens with one attached hydrogen (secondary N) is 1. The Labute approximate surface area is 108 Å². The number of anilines is 1. The van der Waals surface area contributed by atoms with E-state index in [1.165, 1.54) is 0 Å². The van der Waals surface area contributed by atoms with Crippen LogP contribution in [-0.2, 0) is 0 Å². The highest BCUT2D eigenvalue weighted by atomic mass is 35.5. The van der Waals surface area contributed by atoms with E-state index in [2.05, 4.69) is 15.3 Å². The summed E-state index contributed by atoms with van der Waals surface area (Å²) in [6.07, 6.45) is 1.54. The molecule has 6 heteroatoms. The topological polar surface area (TPSA) is 37.8 Å².